The fourth-order valence-corrected chi connectivity index (χ4v) is 1.51. The maximum Gasteiger partial charge on any atom is 0.103 e. The lowest BCUT2D eigenvalue weighted by atomic mass is 10.1. The summed E-state index contributed by atoms with van der Waals surface area (Å²) in [5, 5.41) is 12.8. The molecule has 56 valence electrons. The van der Waals surface area contributed by atoms with Crippen LogP contribution >= 0.6 is 0 Å². The average Bonchev–Trinajstić information content (AvgIpc) is 2.47. The van der Waals surface area contributed by atoms with E-state index in [2.05, 4.69) is 11.2 Å². The number of fused-ring (bicyclic) bond motifs is 1. The molecule has 0 bridgehead atoms. The Hall–Kier alpha value is -1.30. The Bertz CT molecular complexity index is 306. The first kappa shape index (κ1) is 6.41. The van der Waals surface area contributed by atoms with Gasteiger partial charge in [0.25, 0.3) is 0 Å². The summed E-state index contributed by atoms with van der Waals surface area (Å²) in [6, 6.07) is 2.15. The van der Waals surface area contributed by atoms with E-state index in [0.29, 0.717) is 0 Å². The highest BCUT2D eigenvalue weighted by atomic mass is 15.3. The molecule has 2 heterocycles. The zero-order valence-electron chi connectivity index (χ0n) is 6.25. The average molecular weight is 147 g/mol. The zero-order chi connectivity index (χ0) is 7.68. The van der Waals surface area contributed by atoms with Gasteiger partial charge in [0.2, 0.25) is 0 Å². The Labute approximate surface area is 65.3 Å². The minimum Gasteiger partial charge on any atom is -0.268 e. The van der Waals surface area contributed by atoms with Crippen LogP contribution in [0.2, 0.25) is 0 Å². The molecule has 0 unspecified atom stereocenters. The highest BCUT2D eigenvalue weighted by Crippen LogP contribution is 2.16. The summed E-state index contributed by atoms with van der Waals surface area (Å²) in [7, 11) is 0. The highest BCUT2D eigenvalue weighted by Gasteiger charge is 2.13. The van der Waals surface area contributed by atoms with Crippen molar-refractivity contribution in [2.75, 3.05) is 0 Å². The lowest BCUT2D eigenvalue weighted by Crippen LogP contribution is -2.11. The van der Waals surface area contributed by atoms with Gasteiger partial charge in [-0.25, -0.2) is 0 Å². The van der Waals surface area contributed by atoms with Crippen molar-refractivity contribution in [1.82, 2.24) is 9.78 Å². The number of aromatic nitrogens is 2. The molecular formula is C8H9N3. The third kappa shape index (κ3) is 0.911. The number of aryl methyl sites for hydroxylation is 1. The third-order valence-corrected chi connectivity index (χ3v) is 2.10. The van der Waals surface area contributed by atoms with Crippen molar-refractivity contribution >= 4 is 0 Å². The molecule has 0 aliphatic carbocycles. The molecule has 0 aromatic carbocycles. The summed E-state index contributed by atoms with van der Waals surface area (Å²) in [4.78, 5) is 0. The van der Waals surface area contributed by atoms with Crippen molar-refractivity contribution in [3.8, 4) is 6.07 Å². The molecule has 0 amide bonds. The number of rotatable bonds is 0. The van der Waals surface area contributed by atoms with Gasteiger partial charge < -0.3 is 0 Å². The third-order valence-electron chi connectivity index (χ3n) is 2.10. The van der Waals surface area contributed by atoms with Gasteiger partial charge in [0.1, 0.15) is 6.07 Å². The van der Waals surface area contributed by atoms with E-state index >= 15 is 0 Å². The van der Waals surface area contributed by atoms with E-state index in [1.165, 1.54) is 12.8 Å². The van der Waals surface area contributed by atoms with Gasteiger partial charge in [0.05, 0.1) is 17.5 Å². The second kappa shape index (κ2) is 2.39. The summed E-state index contributed by atoms with van der Waals surface area (Å²) in [5.41, 5.74) is 1.88. The van der Waals surface area contributed by atoms with E-state index in [-0.39, 0.29) is 0 Å². The van der Waals surface area contributed by atoms with E-state index < -0.39 is 0 Å². The van der Waals surface area contributed by atoms with Gasteiger partial charge >= 0.3 is 0 Å². The van der Waals surface area contributed by atoms with Gasteiger partial charge in [-0.05, 0) is 19.3 Å². The minimum atomic E-state index is 0.754. The van der Waals surface area contributed by atoms with Crippen LogP contribution in [-0.2, 0) is 13.0 Å². The summed E-state index contributed by atoms with van der Waals surface area (Å²) in [6.45, 7) is 0.983. The quantitative estimate of drug-likeness (QED) is 0.551. The predicted molar refractivity (Wildman–Crippen MR) is 39.9 cm³/mol. The monoisotopic (exact) mass is 147 g/mol. The maximum atomic E-state index is 8.68. The molecule has 1 aromatic heterocycles. The fourth-order valence-electron chi connectivity index (χ4n) is 1.51. The van der Waals surface area contributed by atoms with Crippen LogP contribution in [0.4, 0.5) is 0 Å². The first-order valence-electron chi connectivity index (χ1n) is 3.86. The highest BCUT2D eigenvalue weighted by molar-refractivity contribution is 5.31. The van der Waals surface area contributed by atoms with Crippen LogP contribution in [-0.4, -0.2) is 9.78 Å². The van der Waals surface area contributed by atoms with Crippen molar-refractivity contribution in [3.05, 3.63) is 17.5 Å². The van der Waals surface area contributed by atoms with Crippen LogP contribution in [0.25, 0.3) is 0 Å². The van der Waals surface area contributed by atoms with Crippen molar-refractivity contribution in [1.29, 1.82) is 5.26 Å². The van der Waals surface area contributed by atoms with Crippen LogP contribution in [0.1, 0.15) is 24.1 Å². The molecule has 11 heavy (non-hydrogen) atoms. The summed E-state index contributed by atoms with van der Waals surface area (Å²) < 4.78 is 1.95. The summed E-state index contributed by atoms with van der Waals surface area (Å²) in [6.07, 6.45) is 5.07. The van der Waals surface area contributed by atoms with E-state index in [1.807, 2.05) is 4.68 Å². The van der Waals surface area contributed by atoms with Crippen LogP contribution in [0.3, 0.4) is 0 Å². The van der Waals surface area contributed by atoms with Crippen molar-refractivity contribution in [2.45, 2.75) is 25.8 Å². The van der Waals surface area contributed by atoms with Crippen molar-refractivity contribution in [2.24, 2.45) is 0 Å². The molecule has 0 saturated carbocycles. The predicted octanol–water partition coefficient (Wildman–Crippen LogP) is 1.09. The molecule has 1 aliphatic rings. The molecule has 2 rings (SSSR count). The molecule has 0 spiro atoms. The van der Waals surface area contributed by atoms with Crippen LogP contribution < -0.4 is 0 Å². The summed E-state index contributed by atoms with van der Waals surface area (Å²) in [5.74, 6) is 0. The first-order valence-corrected chi connectivity index (χ1v) is 3.86. The van der Waals surface area contributed by atoms with E-state index in [0.717, 1.165) is 24.2 Å². The van der Waals surface area contributed by atoms with Crippen LogP contribution in [0, 0.1) is 11.3 Å². The molecule has 0 saturated heterocycles. The molecule has 3 nitrogen and oxygen atoms in total. The number of hydrogen-bond donors (Lipinski definition) is 0. The van der Waals surface area contributed by atoms with Crippen molar-refractivity contribution in [3.63, 3.8) is 0 Å². The molecule has 0 fully saturated rings. The molecule has 0 atom stereocenters. The van der Waals surface area contributed by atoms with Crippen LogP contribution in [0.15, 0.2) is 6.20 Å². The minimum absolute atomic E-state index is 0.754. The van der Waals surface area contributed by atoms with E-state index in [9.17, 15) is 0 Å². The Morgan fingerprint density at radius 1 is 1.55 bits per heavy atom. The lowest BCUT2D eigenvalue weighted by molar-refractivity contribution is 0.486. The van der Waals surface area contributed by atoms with Gasteiger partial charge in [-0.2, -0.15) is 10.4 Å². The molecule has 1 aliphatic heterocycles. The van der Waals surface area contributed by atoms with Crippen molar-refractivity contribution < 1.29 is 0 Å². The largest absolute Gasteiger partial charge is 0.268 e. The van der Waals surface area contributed by atoms with Crippen LogP contribution in [0.5, 0.6) is 0 Å². The standard InChI is InChI=1S/C8H9N3/c9-5-7-6-10-11-4-2-1-3-8(7)11/h6H,1-4H2. The second-order valence-electron chi connectivity index (χ2n) is 2.80. The Balaban J connectivity index is 2.48. The second-order valence-corrected chi connectivity index (χ2v) is 2.80. The topological polar surface area (TPSA) is 41.6 Å². The first-order chi connectivity index (χ1) is 5.42. The zero-order valence-corrected chi connectivity index (χ0v) is 6.25. The smallest absolute Gasteiger partial charge is 0.103 e. The van der Waals surface area contributed by atoms with Gasteiger partial charge in [-0.3, -0.25) is 4.68 Å². The lowest BCUT2D eigenvalue weighted by Gasteiger charge is -2.12. The Morgan fingerprint density at radius 2 is 2.45 bits per heavy atom. The van der Waals surface area contributed by atoms with E-state index in [1.54, 1.807) is 6.20 Å². The number of nitriles is 1. The molecular weight excluding hydrogens is 138 g/mol. The normalized spacial score (nSPS) is 15.5. The van der Waals surface area contributed by atoms with Gasteiger partial charge in [-0.1, -0.05) is 0 Å². The van der Waals surface area contributed by atoms with Gasteiger partial charge in [-0.15, -0.1) is 0 Å². The van der Waals surface area contributed by atoms with Gasteiger partial charge in [0.15, 0.2) is 0 Å². The Morgan fingerprint density at radius 3 is 3.27 bits per heavy atom. The SMILES string of the molecule is N#Cc1cnn2c1CCCC2. The number of nitrogens with zero attached hydrogens (tertiary/aromatic N) is 3. The van der Waals surface area contributed by atoms with E-state index in [4.69, 9.17) is 5.26 Å². The number of hydrogen-bond acceptors (Lipinski definition) is 2. The molecule has 0 radical (unpaired) electrons. The molecule has 0 N–H and O–H groups in total. The molecule has 1 aromatic rings. The van der Waals surface area contributed by atoms with Gasteiger partial charge in [0, 0.05) is 6.54 Å². The molecule has 3 heteroatoms. The maximum absolute atomic E-state index is 8.68. The Kier molecular flexibility index (Phi) is 1.39. The summed E-state index contributed by atoms with van der Waals surface area (Å²) >= 11 is 0. The fraction of sp³-hybridized carbons (Fsp3) is 0.500.